The number of benzene rings is 2. The zero-order valence-electron chi connectivity index (χ0n) is 12.5. The molecule has 2 aromatic carbocycles. The van der Waals surface area contributed by atoms with Crippen LogP contribution in [0.25, 0.3) is 0 Å². The summed E-state index contributed by atoms with van der Waals surface area (Å²) in [6.07, 6.45) is 0. The third-order valence-corrected chi connectivity index (χ3v) is 6.57. The second kappa shape index (κ2) is 6.72. The lowest BCUT2D eigenvalue weighted by atomic mass is 10.2. The smallest absolute Gasteiger partial charge is 0.226 e. The van der Waals surface area contributed by atoms with Gasteiger partial charge in [0, 0.05) is 10.7 Å². The topological polar surface area (TPSA) is 59.1 Å². The third-order valence-electron chi connectivity index (χ3n) is 3.21. The molecular weight excluding hydrogens is 387 g/mol. The van der Waals surface area contributed by atoms with Crippen LogP contribution in [0.2, 0.25) is 9.36 Å². The summed E-state index contributed by atoms with van der Waals surface area (Å²) in [4.78, 5) is 4.26. The number of rotatable bonds is 4. The highest BCUT2D eigenvalue weighted by Crippen LogP contribution is 2.35. The molecule has 0 fully saturated rings. The minimum absolute atomic E-state index is 0.0983. The highest BCUT2D eigenvalue weighted by atomic mass is 35.5. The summed E-state index contributed by atoms with van der Waals surface area (Å²) in [7, 11) is -3.80. The standard InChI is InChI=1S/C16H12Cl2N2O2S2/c1-10-3-2-4-12(9-10)19-16-20-15(14(18)23-16)24(21,22)13-7-5-11(17)6-8-13/h2-9H,1H3,(H,19,20). The van der Waals surface area contributed by atoms with E-state index in [1.165, 1.54) is 24.3 Å². The number of anilines is 2. The van der Waals surface area contributed by atoms with E-state index in [1.54, 1.807) is 0 Å². The van der Waals surface area contributed by atoms with Crippen LogP contribution in [0.15, 0.2) is 58.5 Å². The van der Waals surface area contributed by atoms with Crippen LogP contribution in [0, 0.1) is 6.92 Å². The molecule has 0 bridgehead atoms. The molecule has 4 nitrogen and oxygen atoms in total. The molecule has 3 rings (SSSR count). The highest BCUT2D eigenvalue weighted by Gasteiger charge is 2.25. The molecule has 0 amide bonds. The number of nitrogens with one attached hydrogen (secondary N) is 1. The molecule has 124 valence electrons. The maximum Gasteiger partial charge on any atom is 0.226 e. The molecule has 0 aliphatic heterocycles. The van der Waals surface area contributed by atoms with E-state index in [0.717, 1.165) is 22.6 Å². The summed E-state index contributed by atoms with van der Waals surface area (Å²) < 4.78 is 25.5. The Bertz CT molecular complexity index is 984. The molecule has 0 saturated carbocycles. The van der Waals surface area contributed by atoms with E-state index in [0.29, 0.717) is 10.2 Å². The minimum Gasteiger partial charge on any atom is -0.331 e. The lowest BCUT2D eigenvalue weighted by Crippen LogP contribution is -2.03. The largest absolute Gasteiger partial charge is 0.331 e. The summed E-state index contributed by atoms with van der Waals surface area (Å²) >= 11 is 13.0. The normalized spacial score (nSPS) is 11.5. The Kier molecular flexibility index (Phi) is 4.83. The molecule has 0 aliphatic rings. The molecular formula is C16H12Cl2N2O2S2. The van der Waals surface area contributed by atoms with Crippen LogP contribution in [-0.2, 0) is 9.84 Å². The van der Waals surface area contributed by atoms with E-state index in [9.17, 15) is 8.42 Å². The van der Waals surface area contributed by atoms with E-state index < -0.39 is 9.84 Å². The zero-order valence-corrected chi connectivity index (χ0v) is 15.6. The molecule has 1 aromatic heterocycles. The second-order valence-electron chi connectivity index (χ2n) is 5.05. The quantitative estimate of drug-likeness (QED) is 0.644. The summed E-state index contributed by atoms with van der Waals surface area (Å²) in [5.41, 5.74) is 1.90. The van der Waals surface area contributed by atoms with Crippen LogP contribution in [0.1, 0.15) is 5.56 Å². The number of halogens is 2. The van der Waals surface area contributed by atoms with Gasteiger partial charge in [-0.1, -0.05) is 46.7 Å². The fourth-order valence-electron chi connectivity index (χ4n) is 2.08. The SMILES string of the molecule is Cc1cccc(Nc2nc(S(=O)(=O)c3ccc(Cl)cc3)c(Cl)s2)c1. The van der Waals surface area contributed by atoms with Gasteiger partial charge in [-0.05, 0) is 48.9 Å². The van der Waals surface area contributed by atoms with Crippen molar-refractivity contribution in [3.63, 3.8) is 0 Å². The Hall–Kier alpha value is -1.60. The Morgan fingerprint density at radius 2 is 1.79 bits per heavy atom. The van der Waals surface area contributed by atoms with Gasteiger partial charge in [-0.25, -0.2) is 13.4 Å². The number of hydrogen-bond acceptors (Lipinski definition) is 5. The maximum atomic E-state index is 12.7. The number of aromatic nitrogens is 1. The van der Waals surface area contributed by atoms with E-state index in [4.69, 9.17) is 23.2 Å². The molecule has 0 saturated heterocycles. The van der Waals surface area contributed by atoms with Crippen molar-refractivity contribution in [1.82, 2.24) is 4.98 Å². The van der Waals surface area contributed by atoms with Gasteiger partial charge < -0.3 is 5.32 Å². The van der Waals surface area contributed by atoms with Crippen LogP contribution < -0.4 is 5.32 Å². The van der Waals surface area contributed by atoms with Crippen LogP contribution in [0.4, 0.5) is 10.8 Å². The lowest BCUT2D eigenvalue weighted by Gasteiger charge is -2.03. The van der Waals surface area contributed by atoms with Gasteiger partial charge in [0.2, 0.25) is 9.84 Å². The van der Waals surface area contributed by atoms with Crippen LogP contribution in [-0.4, -0.2) is 13.4 Å². The number of hydrogen-bond donors (Lipinski definition) is 1. The molecule has 24 heavy (non-hydrogen) atoms. The van der Waals surface area contributed by atoms with Gasteiger partial charge in [0.15, 0.2) is 10.2 Å². The van der Waals surface area contributed by atoms with Crippen molar-refractivity contribution in [2.24, 2.45) is 0 Å². The minimum atomic E-state index is -3.80. The Morgan fingerprint density at radius 3 is 2.46 bits per heavy atom. The first-order chi connectivity index (χ1) is 11.4. The fraction of sp³-hybridized carbons (Fsp3) is 0.0625. The second-order valence-corrected chi connectivity index (χ2v) is 8.95. The zero-order chi connectivity index (χ0) is 17.3. The molecule has 0 spiro atoms. The van der Waals surface area contributed by atoms with Crippen LogP contribution in [0.3, 0.4) is 0 Å². The van der Waals surface area contributed by atoms with E-state index in [2.05, 4.69) is 10.3 Å². The number of nitrogens with zero attached hydrogens (tertiary/aromatic N) is 1. The predicted molar refractivity (Wildman–Crippen MR) is 98.5 cm³/mol. The van der Waals surface area contributed by atoms with Crippen molar-refractivity contribution in [1.29, 1.82) is 0 Å². The van der Waals surface area contributed by atoms with Crippen LogP contribution >= 0.6 is 34.5 Å². The number of sulfone groups is 1. The molecule has 0 atom stereocenters. The van der Waals surface area contributed by atoms with Gasteiger partial charge in [0.1, 0.15) is 4.34 Å². The Labute approximate surface area is 154 Å². The summed E-state index contributed by atoms with van der Waals surface area (Å²) in [5.74, 6) is 0. The number of aryl methyl sites for hydroxylation is 1. The molecule has 1 heterocycles. The Balaban J connectivity index is 1.95. The first-order valence-corrected chi connectivity index (χ1v) is 9.92. The van der Waals surface area contributed by atoms with Crippen molar-refractivity contribution in [3.8, 4) is 0 Å². The molecule has 0 aliphatic carbocycles. The van der Waals surface area contributed by atoms with Crippen molar-refractivity contribution in [2.45, 2.75) is 16.8 Å². The van der Waals surface area contributed by atoms with E-state index >= 15 is 0 Å². The molecule has 1 N–H and O–H groups in total. The van der Waals surface area contributed by atoms with Crippen LogP contribution in [0.5, 0.6) is 0 Å². The molecule has 0 unspecified atom stereocenters. The van der Waals surface area contributed by atoms with Crippen molar-refractivity contribution in [2.75, 3.05) is 5.32 Å². The van der Waals surface area contributed by atoms with Gasteiger partial charge >= 0.3 is 0 Å². The van der Waals surface area contributed by atoms with Gasteiger partial charge in [-0.2, -0.15) is 0 Å². The first kappa shape index (κ1) is 17.2. The number of thiazole rings is 1. The van der Waals surface area contributed by atoms with Crippen molar-refractivity contribution >= 4 is 55.2 Å². The van der Waals surface area contributed by atoms with Crippen molar-refractivity contribution in [3.05, 3.63) is 63.5 Å². The molecule has 3 aromatic rings. The monoisotopic (exact) mass is 398 g/mol. The maximum absolute atomic E-state index is 12.7. The van der Waals surface area contributed by atoms with Gasteiger partial charge in [-0.15, -0.1) is 0 Å². The average Bonchev–Trinajstić information content (AvgIpc) is 2.89. The summed E-state index contributed by atoms with van der Waals surface area (Å²) in [6.45, 7) is 1.97. The van der Waals surface area contributed by atoms with E-state index in [-0.39, 0.29) is 14.3 Å². The Morgan fingerprint density at radius 1 is 1.08 bits per heavy atom. The third kappa shape index (κ3) is 3.57. The summed E-state index contributed by atoms with van der Waals surface area (Å²) in [5, 5.41) is 3.79. The predicted octanol–water partition coefficient (Wildman–Crippen LogP) is 5.33. The van der Waals surface area contributed by atoms with Gasteiger partial charge in [0.25, 0.3) is 0 Å². The van der Waals surface area contributed by atoms with Gasteiger partial charge in [-0.3, -0.25) is 0 Å². The van der Waals surface area contributed by atoms with Crippen molar-refractivity contribution < 1.29 is 8.42 Å². The average molecular weight is 399 g/mol. The first-order valence-electron chi connectivity index (χ1n) is 6.87. The van der Waals surface area contributed by atoms with Gasteiger partial charge in [0.05, 0.1) is 4.90 Å². The van der Waals surface area contributed by atoms with E-state index in [1.807, 2.05) is 31.2 Å². The molecule has 8 heteroatoms. The highest BCUT2D eigenvalue weighted by molar-refractivity contribution is 7.91. The summed E-state index contributed by atoms with van der Waals surface area (Å²) in [6, 6.07) is 13.6. The fourth-order valence-corrected chi connectivity index (χ4v) is 5.03. The lowest BCUT2D eigenvalue weighted by molar-refractivity contribution is 0.593. The molecule has 0 radical (unpaired) electrons.